The van der Waals surface area contributed by atoms with Gasteiger partial charge in [0.15, 0.2) is 0 Å². The smallest absolute Gasteiger partial charge is 0.423 e. The highest BCUT2D eigenvalue weighted by atomic mass is 19.4. The minimum atomic E-state index is -4.87. The molecule has 1 saturated heterocycles. The van der Waals surface area contributed by atoms with Crippen LogP contribution in [0.2, 0.25) is 0 Å². The molecule has 1 unspecified atom stereocenters. The molecule has 0 saturated carbocycles. The number of nitrogens with one attached hydrogen (secondary N) is 2. The van der Waals surface area contributed by atoms with Crippen molar-refractivity contribution >= 4 is 17.5 Å². The number of likely N-dealkylation sites (tertiary alicyclic amines) is 1. The average molecular weight is 591 g/mol. The van der Waals surface area contributed by atoms with E-state index in [2.05, 4.69) is 25.5 Å². The number of hydrogen-bond donors (Lipinski definition) is 3. The maximum absolute atomic E-state index is 15.2. The van der Waals surface area contributed by atoms with Gasteiger partial charge in [0.2, 0.25) is 11.8 Å². The normalized spacial score (nSPS) is 16.9. The van der Waals surface area contributed by atoms with E-state index in [0.717, 1.165) is 32.0 Å². The van der Waals surface area contributed by atoms with Crippen molar-refractivity contribution in [3.63, 3.8) is 0 Å². The van der Waals surface area contributed by atoms with E-state index in [0.29, 0.717) is 11.8 Å². The number of hydrogen-bond acceptors (Lipinski definition) is 9. The number of carbonyl (C=O) groups is 1. The third kappa shape index (κ3) is 6.10. The molecule has 5 rings (SSSR count). The number of carbonyl (C=O) groups excluding carboxylic acids is 1. The first kappa shape index (κ1) is 29.5. The number of alkyl halides is 3. The van der Waals surface area contributed by atoms with Crippen LogP contribution in [0.3, 0.4) is 0 Å². The van der Waals surface area contributed by atoms with Gasteiger partial charge in [-0.05, 0) is 50.7 Å². The number of nitrogens with zero attached hydrogens (tertiary/aromatic N) is 4. The van der Waals surface area contributed by atoms with Crippen molar-refractivity contribution in [1.82, 2.24) is 25.1 Å². The first-order valence-corrected chi connectivity index (χ1v) is 13.2. The molecular weight excluding hydrogens is 560 g/mol. The highest BCUT2D eigenvalue weighted by Crippen LogP contribution is 2.40. The van der Waals surface area contributed by atoms with Gasteiger partial charge < -0.3 is 29.7 Å². The van der Waals surface area contributed by atoms with Crippen LogP contribution >= 0.6 is 0 Å². The van der Waals surface area contributed by atoms with E-state index >= 15 is 4.39 Å². The Morgan fingerprint density at radius 1 is 1.14 bits per heavy atom. The van der Waals surface area contributed by atoms with E-state index in [9.17, 15) is 23.1 Å². The predicted octanol–water partition coefficient (Wildman–Crippen LogP) is 4.44. The maximum Gasteiger partial charge on any atom is 0.423 e. The first-order valence-electron chi connectivity index (χ1n) is 13.2. The lowest BCUT2D eigenvalue weighted by molar-refractivity contribution is -0.139. The summed E-state index contributed by atoms with van der Waals surface area (Å²) in [6, 6.07) is 6.97. The Bertz CT molecular complexity index is 1480. The van der Waals surface area contributed by atoms with Gasteiger partial charge in [0.05, 0.1) is 18.4 Å². The van der Waals surface area contributed by atoms with Crippen LogP contribution in [0.4, 0.5) is 29.2 Å². The van der Waals surface area contributed by atoms with E-state index in [4.69, 9.17) is 9.47 Å². The second kappa shape index (κ2) is 11.7. The number of rotatable bonds is 8. The summed E-state index contributed by atoms with van der Waals surface area (Å²) in [7, 11) is 4.90. The Balaban J connectivity index is 1.42. The molecule has 1 atom stereocenters. The average Bonchev–Trinajstić information content (AvgIpc) is 3.23. The molecule has 2 aromatic carbocycles. The van der Waals surface area contributed by atoms with Gasteiger partial charge in [-0.3, -0.25) is 10.1 Å². The Morgan fingerprint density at radius 3 is 2.57 bits per heavy atom. The number of halogens is 4. The fourth-order valence-electron chi connectivity index (χ4n) is 5.01. The molecule has 224 valence electrons. The molecule has 0 bridgehead atoms. The zero-order valence-electron chi connectivity index (χ0n) is 23.1. The second-order valence-corrected chi connectivity index (χ2v) is 10.3. The highest BCUT2D eigenvalue weighted by molar-refractivity contribution is 6.00. The molecule has 0 aliphatic carbocycles. The van der Waals surface area contributed by atoms with E-state index < -0.39 is 35.6 Å². The predicted molar refractivity (Wildman–Crippen MR) is 144 cm³/mol. The van der Waals surface area contributed by atoms with E-state index in [1.807, 2.05) is 7.05 Å². The quantitative estimate of drug-likeness (QED) is 0.259. The maximum atomic E-state index is 15.2. The summed E-state index contributed by atoms with van der Waals surface area (Å²) in [5.41, 5.74) is -0.558. The van der Waals surface area contributed by atoms with Crippen molar-refractivity contribution in [2.45, 2.75) is 37.8 Å². The Labute approximate surface area is 239 Å². The summed E-state index contributed by atoms with van der Waals surface area (Å²) in [6.07, 6.45) is -4.06. The van der Waals surface area contributed by atoms with Gasteiger partial charge in [0.25, 0.3) is 5.91 Å². The van der Waals surface area contributed by atoms with Crippen LogP contribution < -0.4 is 20.1 Å². The van der Waals surface area contributed by atoms with Gasteiger partial charge in [0.1, 0.15) is 29.1 Å². The van der Waals surface area contributed by atoms with Gasteiger partial charge in [-0.25, -0.2) is 9.37 Å². The number of ether oxygens (including phenoxy) is 2. The number of amides is 1. The van der Waals surface area contributed by atoms with Gasteiger partial charge in [-0.2, -0.15) is 18.2 Å². The summed E-state index contributed by atoms with van der Waals surface area (Å²) >= 11 is 0. The summed E-state index contributed by atoms with van der Waals surface area (Å²) in [5, 5.41) is 16.4. The number of fused-ring (bicyclic) bond motifs is 1. The minimum absolute atomic E-state index is 0.0000900. The van der Waals surface area contributed by atoms with Crippen LogP contribution in [0.25, 0.3) is 0 Å². The molecule has 0 spiro atoms. The Hall–Kier alpha value is -4.01. The number of aromatic nitrogens is 2. The van der Waals surface area contributed by atoms with Crippen molar-refractivity contribution in [3.05, 3.63) is 64.6 Å². The zero-order valence-corrected chi connectivity index (χ0v) is 23.1. The van der Waals surface area contributed by atoms with E-state index in [1.54, 1.807) is 19.2 Å². The van der Waals surface area contributed by atoms with Gasteiger partial charge in [0, 0.05) is 37.5 Å². The fourth-order valence-corrected chi connectivity index (χ4v) is 5.01. The van der Waals surface area contributed by atoms with Crippen molar-refractivity contribution in [3.8, 4) is 17.4 Å². The van der Waals surface area contributed by atoms with Gasteiger partial charge in [-0.1, -0.05) is 12.1 Å². The largest absolute Gasteiger partial charge is 0.495 e. The van der Waals surface area contributed by atoms with Crippen LogP contribution in [0.1, 0.15) is 46.1 Å². The van der Waals surface area contributed by atoms with Crippen LogP contribution in [0, 0.1) is 5.82 Å². The molecule has 42 heavy (non-hydrogen) atoms. The van der Waals surface area contributed by atoms with Crippen molar-refractivity contribution < 1.29 is 36.9 Å². The standard InChI is InChI=1S/C28H30F4N6O4/c1-37-9-7-16(8-10-37)34-24(39)17-11-22(41-3)20(12-19(17)29)35-27-33-13-18(28(30,31)32)25(36-27)42-21-6-4-5-15-14-38(2)26(40)23(15)21/h4-6,11-13,16,24,34,39H,7-10,14H2,1-3H3,(H,33,35,36). The highest BCUT2D eigenvalue weighted by Gasteiger charge is 2.38. The van der Waals surface area contributed by atoms with Crippen molar-refractivity contribution in [1.29, 1.82) is 0 Å². The first-order chi connectivity index (χ1) is 19.9. The number of piperidine rings is 1. The van der Waals surface area contributed by atoms with Crippen LogP contribution in [-0.4, -0.2) is 71.1 Å². The third-order valence-electron chi connectivity index (χ3n) is 7.32. The number of methoxy groups -OCH3 is 1. The van der Waals surface area contributed by atoms with Gasteiger partial charge >= 0.3 is 6.18 Å². The number of benzene rings is 2. The monoisotopic (exact) mass is 590 g/mol. The summed E-state index contributed by atoms with van der Waals surface area (Å²) < 4.78 is 67.6. The molecular formula is C28H30F4N6O4. The lowest BCUT2D eigenvalue weighted by Crippen LogP contribution is -2.42. The second-order valence-electron chi connectivity index (χ2n) is 10.3. The summed E-state index contributed by atoms with van der Waals surface area (Å²) in [4.78, 5) is 23.8. The van der Waals surface area contributed by atoms with Crippen molar-refractivity contribution in [2.24, 2.45) is 0 Å². The molecule has 14 heteroatoms. The van der Waals surface area contributed by atoms with Crippen LogP contribution in [0.15, 0.2) is 36.5 Å². The molecule has 1 aromatic heterocycles. The van der Waals surface area contributed by atoms with E-state index in [1.165, 1.54) is 24.1 Å². The molecule has 1 fully saturated rings. The molecule has 1 amide bonds. The lowest BCUT2D eigenvalue weighted by Gasteiger charge is -2.31. The van der Waals surface area contributed by atoms with Crippen molar-refractivity contribution in [2.75, 3.05) is 39.6 Å². The summed E-state index contributed by atoms with van der Waals surface area (Å²) in [5.74, 6) is -2.35. The number of aliphatic hydroxyl groups is 1. The van der Waals surface area contributed by atoms with Crippen LogP contribution in [0.5, 0.6) is 17.4 Å². The zero-order chi connectivity index (χ0) is 30.2. The molecule has 0 radical (unpaired) electrons. The molecule has 3 aromatic rings. The number of aliphatic hydroxyl groups excluding tert-OH is 1. The van der Waals surface area contributed by atoms with Gasteiger partial charge in [-0.15, -0.1) is 0 Å². The SMILES string of the molecule is COc1cc(C(O)NC2CCN(C)CC2)c(F)cc1Nc1ncc(C(F)(F)F)c(Oc2cccc3c2C(=O)N(C)C3)n1. The molecule has 10 nitrogen and oxygen atoms in total. The Kier molecular flexibility index (Phi) is 8.21. The topological polar surface area (TPSA) is 112 Å². The minimum Gasteiger partial charge on any atom is -0.495 e. The van der Waals surface area contributed by atoms with Crippen LogP contribution in [-0.2, 0) is 12.7 Å². The molecule has 3 heterocycles. The molecule has 2 aliphatic rings. The van der Waals surface area contributed by atoms with E-state index in [-0.39, 0.29) is 46.8 Å². The third-order valence-corrected chi connectivity index (χ3v) is 7.32. The number of anilines is 2. The lowest BCUT2D eigenvalue weighted by atomic mass is 10.0. The Morgan fingerprint density at radius 2 is 1.88 bits per heavy atom. The molecule has 2 aliphatic heterocycles. The molecule has 3 N–H and O–H groups in total. The fraction of sp³-hybridized carbons (Fsp3) is 0.393. The summed E-state index contributed by atoms with van der Waals surface area (Å²) in [6.45, 7) is 1.98.